The van der Waals surface area contributed by atoms with E-state index < -0.39 is 0 Å². The van der Waals surface area contributed by atoms with Crippen LogP contribution in [0, 0.1) is 0 Å². The number of amides is 1. The highest BCUT2D eigenvalue weighted by atomic mass is 79.9. The normalized spacial score (nSPS) is 11.2. The molecule has 1 heterocycles. The number of aromatic hydroxyl groups is 1. The van der Waals surface area contributed by atoms with Crippen LogP contribution in [0.2, 0.25) is 0 Å². The lowest BCUT2D eigenvalue weighted by Crippen LogP contribution is -2.24. The standard InChI is InChI=1S/C23H17BrN4O3S/c24-16-10-11-20(29)15(12-16)13-25-27-21(30)14-32-23-26-19-9-5-4-8-18(19)22(31)28(23)17-6-2-1-3-7-17/h1-13,29H,14H2,(H,27,30). The van der Waals surface area contributed by atoms with Crippen LogP contribution in [-0.4, -0.2) is 32.5 Å². The minimum Gasteiger partial charge on any atom is -0.507 e. The Balaban J connectivity index is 1.55. The summed E-state index contributed by atoms with van der Waals surface area (Å²) < 4.78 is 2.28. The number of thioether (sulfide) groups is 1. The van der Waals surface area contributed by atoms with Crippen molar-refractivity contribution in [3.8, 4) is 11.4 Å². The Morgan fingerprint density at radius 3 is 2.69 bits per heavy atom. The fourth-order valence-corrected chi connectivity index (χ4v) is 4.16. The summed E-state index contributed by atoms with van der Waals surface area (Å²) in [6.45, 7) is 0. The highest BCUT2D eigenvalue weighted by molar-refractivity contribution is 9.10. The molecule has 1 aromatic heterocycles. The maximum absolute atomic E-state index is 13.1. The molecule has 2 N–H and O–H groups in total. The first-order valence-corrected chi connectivity index (χ1v) is 11.3. The van der Waals surface area contributed by atoms with Crippen molar-refractivity contribution in [1.29, 1.82) is 0 Å². The summed E-state index contributed by atoms with van der Waals surface area (Å²) in [5.41, 5.74) is 3.92. The smallest absolute Gasteiger partial charge is 0.266 e. The molecule has 0 saturated carbocycles. The number of aromatic nitrogens is 2. The highest BCUT2D eigenvalue weighted by Gasteiger charge is 2.14. The van der Waals surface area contributed by atoms with Gasteiger partial charge in [-0.2, -0.15) is 5.10 Å². The van der Waals surface area contributed by atoms with E-state index in [1.54, 1.807) is 30.3 Å². The van der Waals surface area contributed by atoms with Gasteiger partial charge in [0, 0.05) is 10.0 Å². The molecule has 1 amide bonds. The zero-order valence-electron chi connectivity index (χ0n) is 16.6. The van der Waals surface area contributed by atoms with Crippen LogP contribution in [0.15, 0.2) is 92.3 Å². The number of hydrogen-bond donors (Lipinski definition) is 2. The molecule has 3 aromatic carbocycles. The van der Waals surface area contributed by atoms with E-state index in [-0.39, 0.29) is 23.0 Å². The molecule has 0 aliphatic heterocycles. The van der Waals surface area contributed by atoms with Crippen molar-refractivity contribution in [3.63, 3.8) is 0 Å². The van der Waals surface area contributed by atoms with Gasteiger partial charge in [-0.15, -0.1) is 0 Å². The van der Waals surface area contributed by atoms with Crippen molar-refractivity contribution >= 4 is 50.7 Å². The number of hydrogen-bond acceptors (Lipinski definition) is 6. The van der Waals surface area contributed by atoms with Crippen LogP contribution >= 0.6 is 27.7 Å². The average molecular weight is 509 g/mol. The van der Waals surface area contributed by atoms with E-state index in [4.69, 9.17) is 0 Å². The Morgan fingerprint density at radius 2 is 1.88 bits per heavy atom. The molecule has 0 fully saturated rings. The summed E-state index contributed by atoms with van der Waals surface area (Å²) in [7, 11) is 0. The zero-order chi connectivity index (χ0) is 22.5. The second-order valence-corrected chi connectivity index (χ2v) is 8.53. The number of carbonyl (C=O) groups excluding carboxylic acids is 1. The molecule has 0 bridgehead atoms. The van der Waals surface area contributed by atoms with Crippen molar-refractivity contribution in [2.24, 2.45) is 5.10 Å². The van der Waals surface area contributed by atoms with Crippen LogP contribution in [0.1, 0.15) is 5.56 Å². The predicted molar refractivity (Wildman–Crippen MR) is 130 cm³/mol. The number of para-hydroxylation sites is 2. The Bertz CT molecular complexity index is 1370. The first kappa shape index (κ1) is 21.8. The van der Waals surface area contributed by atoms with Gasteiger partial charge < -0.3 is 5.11 Å². The number of nitrogens with one attached hydrogen (secondary N) is 1. The number of carbonyl (C=O) groups is 1. The Hall–Kier alpha value is -3.43. The van der Waals surface area contributed by atoms with Crippen LogP contribution < -0.4 is 11.0 Å². The van der Waals surface area contributed by atoms with Gasteiger partial charge in [0.05, 0.1) is 28.6 Å². The Morgan fingerprint density at radius 1 is 1.12 bits per heavy atom. The summed E-state index contributed by atoms with van der Waals surface area (Å²) >= 11 is 4.46. The summed E-state index contributed by atoms with van der Waals surface area (Å²) in [4.78, 5) is 30.1. The summed E-state index contributed by atoms with van der Waals surface area (Å²) in [6, 6.07) is 21.2. The van der Waals surface area contributed by atoms with Gasteiger partial charge in [0.25, 0.3) is 11.5 Å². The Labute approximate surface area is 195 Å². The van der Waals surface area contributed by atoms with Crippen molar-refractivity contribution < 1.29 is 9.90 Å². The number of nitrogens with zero attached hydrogens (tertiary/aromatic N) is 3. The van der Waals surface area contributed by atoms with Crippen molar-refractivity contribution in [2.45, 2.75) is 5.16 Å². The van der Waals surface area contributed by atoms with E-state index in [9.17, 15) is 14.7 Å². The van der Waals surface area contributed by atoms with Gasteiger partial charge in [0.15, 0.2) is 5.16 Å². The van der Waals surface area contributed by atoms with Crippen LogP contribution in [-0.2, 0) is 4.79 Å². The van der Waals surface area contributed by atoms with Gasteiger partial charge in [-0.05, 0) is 42.5 Å². The average Bonchev–Trinajstić information content (AvgIpc) is 2.80. The molecule has 0 spiro atoms. The molecule has 0 unspecified atom stereocenters. The number of hydrazone groups is 1. The van der Waals surface area contributed by atoms with E-state index in [2.05, 4.69) is 31.4 Å². The van der Waals surface area contributed by atoms with Crippen LogP contribution in [0.25, 0.3) is 16.6 Å². The third-order valence-electron chi connectivity index (χ3n) is 4.47. The number of rotatable bonds is 6. The monoisotopic (exact) mass is 508 g/mol. The lowest BCUT2D eigenvalue weighted by molar-refractivity contribution is -0.118. The maximum atomic E-state index is 13.1. The van der Waals surface area contributed by atoms with Gasteiger partial charge in [-0.1, -0.05) is 58.0 Å². The van der Waals surface area contributed by atoms with Crippen LogP contribution in [0.3, 0.4) is 0 Å². The van der Waals surface area contributed by atoms with Crippen LogP contribution in [0.5, 0.6) is 5.75 Å². The largest absolute Gasteiger partial charge is 0.507 e. The first-order chi connectivity index (χ1) is 15.5. The maximum Gasteiger partial charge on any atom is 0.266 e. The fourth-order valence-electron chi connectivity index (χ4n) is 2.98. The van der Waals surface area contributed by atoms with Gasteiger partial charge >= 0.3 is 0 Å². The summed E-state index contributed by atoms with van der Waals surface area (Å²) in [5.74, 6) is -0.324. The van der Waals surface area contributed by atoms with E-state index in [1.807, 2.05) is 36.4 Å². The van der Waals surface area contributed by atoms with Crippen molar-refractivity contribution in [3.05, 3.63) is 93.2 Å². The third kappa shape index (κ3) is 4.90. The molecule has 0 aliphatic rings. The number of phenolic OH excluding ortho intramolecular Hbond substituents is 1. The molecular weight excluding hydrogens is 492 g/mol. The number of fused-ring (bicyclic) bond motifs is 1. The molecular formula is C23H17BrN4O3S. The molecule has 4 rings (SSSR count). The molecule has 0 radical (unpaired) electrons. The molecule has 0 aliphatic carbocycles. The molecule has 32 heavy (non-hydrogen) atoms. The number of halogens is 1. The summed E-state index contributed by atoms with van der Waals surface area (Å²) in [5, 5.41) is 14.6. The van der Waals surface area contributed by atoms with Gasteiger partial charge in [0.1, 0.15) is 5.75 Å². The lowest BCUT2D eigenvalue weighted by atomic mass is 10.2. The molecule has 4 aromatic rings. The second kappa shape index (κ2) is 9.80. The second-order valence-electron chi connectivity index (χ2n) is 6.67. The lowest BCUT2D eigenvalue weighted by Gasteiger charge is -2.12. The SMILES string of the molecule is O=C(CSc1nc2ccccc2c(=O)n1-c1ccccc1)NN=Cc1cc(Br)ccc1O. The van der Waals surface area contributed by atoms with Gasteiger partial charge in [-0.25, -0.2) is 10.4 Å². The number of benzene rings is 3. The van der Waals surface area contributed by atoms with E-state index >= 15 is 0 Å². The number of phenols is 1. The topological polar surface area (TPSA) is 96.6 Å². The molecule has 0 atom stereocenters. The van der Waals surface area contributed by atoms with Gasteiger partial charge in [-0.3, -0.25) is 14.2 Å². The predicted octanol–water partition coefficient (Wildman–Crippen LogP) is 4.10. The molecule has 160 valence electrons. The van der Waals surface area contributed by atoms with Gasteiger partial charge in [0.2, 0.25) is 0 Å². The molecule has 0 saturated heterocycles. The minimum atomic E-state index is -0.372. The van der Waals surface area contributed by atoms with E-state index in [0.717, 1.165) is 16.2 Å². The Kier molecular flexibility index (Phi) is 6.67. The third-order valence-corrected chi connectivity index (χ3v) is 5.91. The fraction of sp³-hybridized carbons (Fsp3) is 0.0435. The summed E-state index contributed by atoms with van der Waals surface area (Å²) in [6.07, 6.45) is 1.36. The van der Waals surface area contributed by atoms with Crippen molar-refractivity contribution in [1.82, 2.24) is 15.0 Å². The zero-order valence-corrected chi connectivity index (χ0v) is 19.0. The highest BCUT2D eigenvalue weighted by Crippen LogP contribution is 2.22. The van der Waals surface area contributed by atoms with E-state index in [1.165, 1.54) is 16.8 Å². The molecule has 9 heteroatoms. The quantitative estimate of drug-likeness (QED) is 0.177. The van der Waals surface area contributed by atoms with E-state index in [0.29, 0.717) is 27.3 Å². The van der Waals surface area contributed by atoms with Crippen LogP contribution in [0.4, 0.5) is 0 Å². The first-order valence-electron chi connectivity index (χ1n) is 9.53. The minimum absolute atomic E-state index is 0.000575. The molecule has 7 nitrogen and oxygen atoms in total. The van der Waals surface area contributed by atoms with Crippen molar-refractivity contribution in [2.75, 3.05) is 5.75 Å².